The lowest BCUT2D eigenvalue weighted by Crippen LogP contribution is -2.38. The number of ether oxygens (including phenoxy) is 1. The third-order valence-electron chi connectivity index (χ3n) is 7.48. The predicted molar refractivity (Wildman–Crippen MR) is 134 cm³/mol. The van der Waals surface area contributed by atoms with Crippen LogP contribution in [0.15, 0.2) is 35.1 Å². The molecule has 2 aromatic heterocycles. The van der Waals surface area contributed by atoms with Gasteiger partial charge in [0.05, 0.1) is 34.9 Å². The Bertz CT molecular complexity index is 1330. The van der Waals surface area contributed by atoms with Gasteiger partial charge in [0.2, 0.25) is 0 Å². The number of fused-ring (bicyclic) bond motifs is 5. The van der Waals surface area contributed by atoms with Gasteiger partial charge in [-0.1, -0.05) is 25.1 Å². The molecular formula is C28H33N3O3. The molecule has 0 radical (unpaired) electrons. The summed E-state index contributed by atoms with van der Waals surface area (Å²) < 4.78 is 7.18. The van der Waals surface area contributed by atoms with Gasteiger partial charge in [-0.15, -0.1) is 0 Å². The number of carbonyl (C=O) groups is 1. The summed E-state index contributed by atoms with van der Waals surface area (Å²) in [6.07, 6.45) is 1.50. The standard InChI is InChI=1S/C28H33N3O3/c1-6-18-21-13-25-26-22(14-31(25)27(32)23(21)15-34-28(18)33)19(11-12-30(16(2)3)17(4)5)20-9-7-8-10-24(20)29-26/h7-10,13,16-18H,6,11-12,14-15H2,1-5H3. The van der Waals surface area contributed by atoms with Crippen molar-refractivity contribution >= 4 is 16.9 Å². The van der Waals surface area contributed by atoms with Gasteiger partial charge in [0.15, 0.2) is 0 Å². The summed E-state index contributed by atoms with van der Waals surface area (Å²) in [5.74, 6) is -0.635. The SMILES string of the molecule is CCC1C(=O)OCc2c1cc1n(c2=O)Cc2c-1nc1ccccc1c2CCN(C(C)C)C(C)C. The maximum Gasteiger partial charge on any atom is 0.313 e. The van der Waals surface area contributed by atoms with Crippen LogP contribution in [-0.4, -0.2) is 39.0 Å². The van der Waals surface area contributed by atoms with Gasteiger partial charge in [-0.25, -0.2) is 4.98 Å². The lowest BCUT2D eigenvalue weighted by molar-refractivity contribution is -0.148. The Kier molecular flexibility index (Phi) is 5.80. The van der Waals surface area contributed by atoms with Crippen molar-refractivity contribution in [2.24, 2.45) is 0 Å². The fourth-order valence-corrected chi connectivity index (χ4v) is 5.77. The van der Waals surface area contributed by atoms with Crippen LogP contribution in [0.25, 0.3) is 22.3 Å². The Morgan fingerprint density at radius 3 is 2.56 bits per heavy atom. The summed E-state index contributed by atoms with van der Waals surface area (Å²) in [5, 5.41) is 1.16. The van der Waals surface area contributed by atoms with E-state index in [0.717, 1.165) is 46.4 Å². The quantitative estimate of drug-likeness (QED) is 0.393. The third kappa shape index (κ3) is 3.56. The largest absolute Gasteiger partial charge is 0.460 e. The minimum Gasteiger partial charge on any atom is -0.460 e. The summed E-state index contributed by atoms with van der Waals surface area (Å²) >= 11 is 0. The van der Waals surface area contributed by atoms with Gasteiger partial charge in [-0.05, 0) is 63.8 Å². The van der Waals surface area contributed by atoms with Crippen LogP contribution in [0.4, 0.5) is 0 Å². The Balaban J connectivity index is 1.67. The first-order chi connectivity index (χ1) is 16.3. The molecule has 1 unspecified atom stereocenters. The predicted octanol–water partition coefficient (Wildman–Crippen LogP) is 4.64. The number of esters is 1. The lowest BCUT2D eigenvalue weighted by atomic mass is 9.90. The maximum atomic E-state index is 13.5. The number of benzene rings is 1. The highest BCUT2D eigenvalue weighted by Gasteiger charge is 2.34. The molecule has 0 spiro atoms. The molecule has 2 aliphatic rings. The molecule has 0 bridgehead atoms. The molecule has 3 aromatic rings. The molecule has 5 rings (SSSR count). The highest BCUT2D eigenvalue weighted by Crippen LogP contribution is 2.39. The summed E-state index contributed by atoms with van der Waals surface area (Å²) in [6.45, 7) is 12.4. The van der Waals surface area contributed by atoms with Gasteiger partial charge in [0.1, 0.15) is 6.61 Å². The fourth-order valence-electron chi connectivity index (χ4n) is 5.77. The number of hydrogen-bond acceptors (Lipinski definition) is 5. The van der Waals surface area contributed by atoms with Gasteiger partial charge < -0.3 is 9.30 Å². The molecular weight excluding hydrogens is 426 g/mol. The molecule has 4 heterocycles. The zero-order valence-corrected chi connectivity index (χ0v) is 20.7. The number of aromatic nitrogens is 2. The van der Waals surface area contributed by atoms with Crippen molar-refractivity contribution in [3.05, 3.63) is 62.9 Å². The van der Waals surface area contributed by atoms with E-state index < -0.39 is 5.92 Å². The van der Waals surface area contributed by atoms with Crippen LogP contribution in [-0.2, 0) is 29.1 Å². The third-order valence-corrected chi connectivity index (χ3v) is 7.48. The van der Waals surface area contributed by atoms with Crippen LogP contribution < -0.4 is 5.56 Å². The van der Waals surface area contributed by atoms with Crippen molar-refractivity contribution in [2.75, 3.05) is 6.54 Å². The average molecular weight is 460 g/mol. The Labute approximate surface area is 200 Å². The molecule has 6 nitrogen and oxygen atoms in total. The molecule has 0 fully saturated rings. The van der Waals surface area contributed by atoms with E-state index in [1.807, 2.05) is 29.7 Å². The lowest BCUT2D eigenvalue weighted by Gasteiger charge is -2.31. The monoisotopic (exact) mass is 459 g/mol. The smallest absolute Gasteiger partial charge is 0.313 e. The molecule has 1 atom stereocenters. The molecule has 2 aliphatic heterocycles. The van der Waals surface area contributed by atoms with E-state index in [0.29, 0.717) is 30.6 Å². The second-order valence-electron chi connectivity index (χ2n) is 10.0. The normalized spacial score (nSPS) is 16.8. The van der Waals surface area contributed by atoms with Crippen molar-refractivity contribution in [2.45, 2.75) is 78.6 Å². The summed E-state index contributed by atoms with van der Waals surface area (Å²) in [4.78, 5) is 33.4. The second-order valence-corrected chi connectivity index (χ2v) is 10.0. The van der Waals surface area contributed by atoms with Gasteiger partial charge in [0.25, 0.3) is 5.56 Å². The molecule has 6 heteroatoms. The molecule has 0 N–H and O–H groups in total. The van der Waals surface area contributed by atoms with Crippen LogP contribution >= 0.6 is 0 Å². The molecule has 1 aromatic carbocycles. The maximum absolute atomic E-state index is 13.5. The van der Waals surface area contributed by atoms with E-state index in [9.17, 15) is 9.59 Å². The van der Waals surface area contributed by atoms with Crippen molar-refractivity contribution in [3.8, 4) is 11.4 Å². The first-order valence-electron chi connectivity index (χ1n) is 12.4. The summed E-state index contributed by atoms with van der Waals surface area (Å²) in [6, 6.07) is 11.2. The van der Waals surface area contributed by atoms with E-state index in [1.54, 1.807) is 0 Å². The zero-order chi connectivity index (χ0) is 24.1. The van der Waals surface area contributed by atoms with Crippen molar-refractivity contribution in [3.63, 3.8) is 0 Å². The van der Waals surface area contributed by atoms with E-state index in [-0.39, 0.29) is 18.1 Å². The van der Waals surface area contributed by atoms with Gasteiger partial charge in [-0.3, -0.25) is 14.5 Å². The highest BCUT2D eigenvalue weighted by molar-refractivity contribution is 5.88. The van der Waals surface area contributed by atoms with Crippen LogP contribution in [0.1, 0.15) is 69.2 Å². The van der Waals surface area contributed by atoms with Crippen molar-refractivity contribution in [1.82, 2.24) is 14.5 Å². The number of pyridine rings is 2. The fraction of sp³-hybridized carbons (Fsp3) is 0.464. The molecule has 0 amide bonds. The minimum atomic E-state index is -0.392. The highest BCUT2D eigenvalue weighted by atomic mass is 16.5. The van der Waals surface area contributed by atoms with Crippen LogP contribution in [0.5, 0.6) is 0 Å². The van der Waals surface area contributed by atoms with E-state index in [1.165, 1.54) is 5.56 Å². The van der Waals surface area contributed by atoms with E-state index in [4.69, 9.17) is 9.72 Å². The van der Waals surface area contributed by atoms with Crippen molar-refractivity contribution in [1.29, 1.82) is 0 Å². The number of para-hydroxylation sites is 1. The topological polar surface area (TPSA) is 64.4 Å². The van der Waals surface area contributed by atoms with Crippen LogP contribution in [0.2, 0.25) is 0 Å². The molecule has 0 saturated carbocycles. The van der Waals surface area contributed by atoms with Gasteiger partial charge in [0, 0.05) is 29.6 Å². The molecule has 178 valence electrons. The number of cyclic esters (lactones) is 1. The van der Waals surface area contributed by atoms with E-state index >= 15 is 0 Å². The Morgan fingerprint density at radius 2 is 1.85 bits per heavy atom. The number of nitrogens with zero attached hydrogens (tertiary/aromatic N) is 3. The second kappa shape index (κ2) is 8.66. The van der Waals surface area contributed by atoms with Gasteiger partial charge in [-0.2, -0.15) is 0 Å². The number of hydrogen-bond donors (Lipinski definition) is 0. The molecule has 34 heavy (non-hydrogen) atoms. The summed E-state index contributed by atoms with van der Waals surface area (Å²) in [7, 11) is 0. The van der Waals surface area contributed by atoms with Crippen LogP contribution in [0.3, 0.4) is 0 Å². The Morgan fingerprint density at radius 1 is 1.12 bits per heavy atom. The Hall–Kier alpha value is -2.99. The number of carbonyl (C=O) groups excluding carboxylic acids is 1. The molecule has 0 aliphatic carbocycles. The summed E-state index contributed by atoms with van der Waals surface area (Å²) in [5.41, 5.74) is 6.41. The van der Waals surface area contributed by atoms with Crippen LogP contribution in [0, 0.1) is 0 Å². The first-order valence-corrected chi connectivity index (χ1v) is 12.4. The van der Waals surface area contributed by atoms with Crippen molar-refractivity contribution < 1.29 is 9.53 Å². The zero-order valence-electron chi connectivity index (χ0n) is 20.7. The average Bonchev–Trinajstić information content (AvgIpc) is 3.17. The van der Waals surface area contributed by atoms with Gasteiger partial charge >= 0.3 is 5.97 Å². The molecule has 0 saturated heterocycles. The first kappa shape index (κ1) is 22.8. The van der Waals surface area contributed by atoms with E-state index in [2.05, 4.69) is 44.7 Å². The number of rotatable bonds is 6. The minimum absolute atomic E-state index is 0.0557.